The number of rotatable bonds is 3. The number of anilines is 1. The summed E-state index contributed by atoms with van der Waals surface area (Å²) in [7, 11) is 0. The SMILES string of the molecule is Fc1ccc(CNc2ccc(Br)c(Cl)c2)c(C(F)(F)F)c1. The molecule has 1 nitrogen and oxygen atoms in total. The summed E-state index contributed by atoms with van der Waals surface area (Å²) >= 11 is 9.12. The van der Waals surface area contributed by atoms with Crippen molar-refractivity contribution in [3.8, 4) is 0 Å². The summed E-state index contributed by atoms with van der Waals surface area (Å²) < 4.78 is 52.2. The molecule has 0 aliphatic carbocycles. The fourth-order valence-corrected chi connectivity index (χ4v) is 2.20. The van der Waals surface area contributed by atoms with Gasteiger partial charge in [-0.3, -0.25) is 0 Å². The van der Waals surface area contributed by atoms with Gasteiger partial charge < -0.3 is 5.32 Å². The molecule has 0 saturated carbocycles. The largest absolute Gasteiger partial charge is 0.416 e. The summed E-state index contributed by atoms with van der Waals surface area (Å²) in [5.41, 5.74) is -0.457. The van der Waals surface area contributed by atoms with Gasteiger partial charge in [-0.15, -0.1) is 0 Å². The molecular formula is C14H9BrClF4N. The normalized spacial score (nSPS) is 11.5. The smallest absolute Gasteiger partial charge is 0.381 e. The average Bonchev–Trinajstić information content (AvgIpc) is 2.40. The van der Waals surface area contributed by atoms with Crippen LogP contribution in [0.4, 0.5) is 23.2 Å². The highest BCUT2D eigenvalue weighted by Crippen LogP contribution is 2.33. The summed E-state index contributed by atoms with van der Waals surface area (Å²) in [6, 6.07) is 7.55. The monoisotopic (exact) mass is 381 g/mol. The number of hydrogen-bond donors (Lipinski definition) is 1. The van der Waals surface area contributed by atoms with Gasteiger partial charge in [-0.25, -0.2) is 4.39 Å². The van der Waals surface area contributed by atoms with E-state index in [2.05, 4.69) is 21.2 Å². The lowest BCUT2D eigenvalue weighted by Gasteiger charge is -2.14. The second kappa shape index (κ2) is 6.23. The number of alkyl halides is 3. The van der Waals surface area contributed by atoms with Gasteiger partial charge >= 0.3 is 6.18 Å². The molecule has 7 heteroatoms. The lowest BCUT2D eigenvalue weighted by atomic mass is 10.1. The maximum atomic E-state index is 13.0. The minimum absolute atomic E-state index is 0.0389. The van der Waals surface area contributed by atoms with Gasteiger partial charge in [-0.1, -0.05) is 17.7 Å². The molecule has 0 aliphatic heterocycles. The van der Waals surface area contributed by atoms with Crippen LogP contribution in [0.5, 0.6) is 0 Å². The molecule has 0 fully saturated rings. The Morgan fingerprint density at radius 1 is 1.10 bits per heavy atom. The molecule has 0 bridgehead atoms. The van der Waals surface area contributed by atoms with Gasteiger partial charge in [0.25, 0.3) is 0 Å². The van der Waals surface area contributed by atoms with E-state index >= 15 is 0 Å². The summed E-state index contributed by atoms with van der Waals surface area (Å²) in [6.45, 7) is -0.0902. The fraction of sp³-hybridized carbons (Fsp3) is 0.143. The van der Waals surface area contributed by atoms with Crippen molar-refractivity contribution in [2.45, 2.75) is 12.7 Å². The van der Waals surface area contributed by atoms with Crippen molar-refractivity contribution in [3.05, 3.63) is 62.8 Å². The molecule has 112 valence electrons. The molecule has 0 heterocycles. The van der Waals surface area contributed by atoms with Crippen molar-refractivity contribution < 1.29 is 17.6 Å². The second-order valence-corrected chi connectivity index (χ2v) is 5.54. The van der Waals surface area contributed by atoms with Gasteiger partial charge in [-0.2, -0.15) is 13.2 Å². The Balaban J connectivity index is 2.22. The number of halogens is 6. The Morgan fingerprint density at radius 2 is 1.81 bits per heavy atom. The molecule has 0 unspecified atom stereocenters. The third kappa shape index (κ3) is 4.11. The lowest BCUT2D eigenvalue weighted by molar-refractivity contribution is -0.138. The van der Waals surface area contributed by atoms with Crippen LogP contribution in [0, 0.1) is 5.82 Å². The third-order valence-corrected chi connectivity index (χ3v) is 4.01. The van der Waals surface area contributed by atoms with Crippen LogP contribution >= 0.6 is 27.5 Å². The van der Waals surface area contributed by atoms with E-state index in [1.807, 2.05) is 0 Å². The quantitative estimate of drug-likeness (QED) is 0.654. The first-order chi connectivity index (χ1) is 9.77. The van der Waals surface area contributed by atoms with Crippen LogP contribution < -0.4 is 5.32 Å². The third-order valence-electron chi connectivity index (χ3n) is 2.78. The van der Waals surface area contributed by atoms with Crippen LogP contribution in [-0.2, 0) is 12.7 Å². The molecule has 0 radical (unpaired) electrons. The second-order valence-electron chi connectivity index (χ2n) is 4.28. The van der Waals surface area contributed by atoms with Crippen molar-refractivity contribution in [1.29, 1.82) is 0 Å². The van der Waals surface area contributed by atoms with Crippen LogP contribution in [0.25, 0.3) is 0 Å². The Bertz CT molecular complexity index is 658. The molecule has 0 aromatic heterocycles. The molecule has 2 rings (SSSR count). The zero-order chi connectivity index (χ0) is 15.6. The number of nitrogens with one attached hydrogen (secondary N) is 1. The van der Waals surface area contributed by atoms with E-state index in [1.165, 1.54) is 0 Å². The summed E-state index contributed by atoms with van der Waals surface area (Å²) in [5, 5.41) is 3.27. The Hall–Kier alpha value is -1.27. The molecule has 0 spiro atoms. The number of hydrogen-bond acceptors (Lipinski definition) is 1. The van der Waals surface area contributed by atoms with E-state index in [-0.39, 0.29) is 12.1 Å². The van der Waals surface area contributed by atoms with Crippen LogP contribution in [0.3, 0.4) is 0 Å². The van der Waals surface area contributed by atoms with Crippen LogP contribution in [-0.4, -0.2) is 0 Å². The van der Waals surface area contributed by atoms with Crippen LogP contribution in [0.2, 0.25) is 5.02 Å². The van der Waals surface area contributed by atoms with Crippen molar-refractivity contribution >= 4 is 33.2 Å². The predicted octanol–water partition coefficient (Wildman–Crippen LogP) is 5.87. The molecule has 0 atom stereocenters. The van der Waals surface area contributed by atoms with E-state index in [4.69, 9.17) is 11.6 Å². The van der Waals surface area contributed by atoms with E-state index < -0.39 is 17.6 Å². The van der Waals surface area contributed by atoms with Crippen molar-refractivity contribution in [1.82, 2.24) is 0 Å². The van der Waals surface area contributed by atoms with Crippen molar-refractivity contribution in [2.24, 2.45) is 0 Å². The highest BCUT2D eigenvalue weighted by Gasteiger charge is 2.33. The highest BCUT2D eigenvalue weighted by atomic mass is 79.9. The summed E-state index contributed by atoms with van der Waals surface area (Å²) in [6.07, 6.45) is -4.60. The standard InChI is InChI=1S/C14H9BrClF4N/c15-12-4-3-10(6-13(12)16)21-7-8-1-2-9(17)5-11(8)14(18,19)20/h1-6,21H,7H2. The maximum Gasteiger partial charge on any atom is 0.416 e. The van der Waals surface area contributed by atoms with Crippen LogP contribution in [0.15, 0.2) is 40.9 Å². The molecule has 1 N–H and O–H groups in total. The minimum Gasteiger partial charge on any atom is -0.381 e. The van der Waals surface area contributed by atoms with E-state index in [1.54, 1.807) is 18.2 Å². The summed E-state index contributed by atoms with van der Waals surface area (Å²) in [4.78, 5) is 0. The van der Waals surface area contributed by atoms with Gasteiger partial charge in [0.2, 0.25) is 0 Å². The molecule has 2 aromatic rings. The van der Waals surface area contributed by atoms with Crippen LogP contribution in [0.1, 0.15) is 11.1 Å². The van der Waals surface area contributed by atoms with Crippen molar-refractivity contribution in [2.75, 3.05) is 5.32 Å². The van der Waals surface area contributed by atoms with Gasteiger partial charge in [0, 0.05) is 16.7 Å². The predicted molar refractivity (Wildman–Crippen MR) is 77.9 cm³/mol. The Kier molecular flexibility index (Phi) is 4.78. The topological polar surface area (TPSA) is 12.0 Å². The molecular weight excluding hydrogens is 374 g/mol. The molecule has 21 heavy (non-hydrogen) atoms. The van der Waals surface area contributed by atoms with Crippen molar-refractivity contribution in [3.63, 3.8) is 0 Å². The number of benzene rings is 2. The first-order valence-corrected chi connectivity index (χ1v) is 6.99. The highest BCUT2D eigenvalue weighted by molar-refractivity contribution is 9.10. The van der Waals surface area contributed by atoms with Gasteiger partial charge in [-0.05, 0) is 51.8 Å². The zero-order valence-electron chi connectivity index (χ0n) is 10.4. The zero-order valence-corrected chi connectivity index (χ0v) is 12.8. The van der Waals surface area contributed by atoms with E-state index in [0.29, 0.717) is 21.2 Å². The minimum atomic E-state index is -4.60. The molecule has 0 amide bonds. The van der Waals surface area contributed by atoms with Gasteiger partial charge in [0.1, 0.15) is 5.82 Å². The van der Waals surface area contributed by atoms with Gasteiger partial charge in [0.05, 0.1) is 10.6 Å². The fourth-order valence-electron chi connectivity index (χ4n) is 1.77. The molecule has 2 aromatic carbocycles. The molecule has 0 aliphatic rings. The maximum absolute atomic E-state index is 13.0. The lowest BCUT2D eigenvalue weighted by Crippen LogP contribution is -2.12. The Labute approximate surface area is 132 Å². The van der Waals surface area contributed by atoms with Gasteiger partial charge in [0.15, 0.2) is 0 Å². The first-order valence-electron chi connectivity index (χ1n) is 5.82. The Morgan fingerprint density at radius 3 is 2.43 bits per heavy atom. The van der Waals surface area contributed by atoms with E-state index in [9.17, 15) is 17.6 Å². The summed E-state index contributed by atoms with van der Waals surface area (Å²) in [5.74, 6) is -0.919. The van der Waals surface area contributed by atoms with E-state index in [0.717, 1.165) is 12.1 Å². The average molecular weight is 383 g/mol. The molecule has 0 saturated heterocycles. The first kappa shape index (κ1) is 16.1.